The molecule has 0 aliphatic heterocycles. The summed E-state index contributed by atoms with van der Waals surface area (Å²) >= 11 is 0. The number of benzene rings is 1. The van der Waals surface area contributed by atoms with Gasteiger partial charge in [-0.05, 0) is 23.0 Å². The van der Waals surface area contributed by atoms with E-state index in [1.165, 1.54) is 5.56 Å². The van der Waals surface area contributed by atoms with Gasteiger partial charge in [-0.15, -0.1) is 12.3 Å². The first-order valence-electron chi connectivity index (χ1n) is 5.67. The predicted octanol–water partition coefficient (Wildman–Crippen LogP) is 3.43. The normalized spacial score (nSPS) is 13.2. The quantitative estimate of drug-likeness (QED) is 0.767. The fourth-order valence-corrected chi connectivity index (χ4v) is 1.85. The molecule has 1 nitrogen and oxygen atoms in total. The molecule has 1 atom stereocenters. The second kappa shape index (κ2) is 5.18. The number of rotatable bonds is 3. The first-order valence-corrected chi connectivity index (χ1v) is 5.67. The molecular formula is C15H20O. The Labute approximate surface area is 98.5 Å². The summed E-state index contributed by atoms with van der Waals surface area (Å²) in [5.74, 6) is 2.57. The molecule has 1 aromatic carbocycles. The lowest BCUT2D eigenvalue weighted by atomic mass is 9.82. The minimum atomic E-state index is -0.452. The summed E-state index contributed by atoms with van der Waals surface area (Å²) in [6, 6.07) is 8.04. The molecule has 0 heterocycles. The second-order valence-electron chi connectivity index (χ2n) is 5.10. The molecular weight excluding hydrogens is 196 g/mol. The van der Waals surface area contributed by atoms with E-state index in [9.17, 15) is 5.11 Å². The molecule has 0 aromatic heterocycles. The van der Waals surface area contributed by atoms with Crippen molar-refractivity contribution in [1.29, 1.82) is 0 Å². The molecule has 1 unspecified atom stereocenters. The molecule has 1 heteroatoms. The molecule has 0 saturated carbocycles. The first kappa shape index (κ1) is 12.8. The molecule has 0 bridgehead atoms. The van der Waals surface area contributed by atoms with Crippen LogP contribution in [0, 0.1) is 12.3 Å². The fraction of sp³-hybridized carbons (Fsp3) is 0.467. The maximum atomic E-state index is 10.1. The molecule has 0 aliphatic carbocycles. The van der Waals surface area contributed by atoms with Gasteiger partial charge in [0.2, 0.25) is 0 Å². The number of aliphatic hydroxyl groups is 1. The summed E-state index contributed by atoms with van der Waals surface area (Å²) in [6.45, 7) is 6.46. The minimum Gasteiger partial charge on any atom is -0.388 e. The minimum absolute atomic E-state index is 0.0493. The number of terminal acetylenes is 1. The van der Waals surface area contributed by atoms with E-state index in [0.29, 0.717) is 12.8 Å². The number of aliphatic hydroxyl groups excluding tert-OH is 1. The van der Waals surface area contributed by atoms with E-state index >= 15 is 0 Å². The van der Waals surface area contributed by atoms with Crippen LogP contribution >= 0.6 is 0 Å². The summed E-state index contributed by atoms with van der Waals surface area (Å²) in [6.07, 6.45) is 6.00. The lowest BCUT2D eigenvalue weighted by Gasteiger charge is -2.25. The highest BCUT2D eigenvalue weighted by Crippen LogP contribution is 2.31. The highest BCUT2D eigenvalue weighted by Gasteiger charge is 2.20. The summed E-state index contributed by atoms with van der Waals surface area (Å²) in [5.41, 5.74) is 2.25. The van der Waals surface area contributed by atoms with Gasteiger partial charge in [-0.1, -0.05) is 45.0 Å². The Hall–Kier alpha value is -1.26. The lowest BCUT2D eigenvalue weighted by molar-refractivity contribution is 0.167. The van der Waals surface area contributed by atoms with Crippen LogP contribution < -0.4 is 0 Å². The van der Waals surface area contributed by atoms with Gasteiger partial charge in [0.25, 0.3) is 0 Å². The molecule has 0 aliphatic rings. The van der Waals surface area contributed by atoms with Gasteiger partial charge in [0.1, 0.15) is 0 Å². The maximum absolute atomic E-state index is 10.1. The van der Waals surface area contributed by atoms with Crippen LogP contribution in [0.5, 0.6) is 0 Å². The maximum Gasteiger partial charge on any atom is 0.0802 e. The van der Waals surface area contributed by atoms with Crippen LogP contribution in [0.2, 0.25) is 0 Å². The Morgan fingerprint density at radius 1 is 1.31 bits per heavy atom. The van der Waals surface area contributed by atoms with Crippen molar-refractivity contribution in [2.45, 2.75) is 45.1 Å². The topological polar surface area (TPSA) is 20.2 Å². The van der Waals surface area contributed by atoms with Crippen molar-refractivity contribution in [3.8, 4) is 12.3 Å². The largest absolute Gasteiger partial charge is 0.388 e. The molecule has 0 saturated heterocycles. The predicted molar refractivity (Wildman–Crippen MR) is 68.2 cm³/mol. The zero-order valence-electron chi connectivity index (χ0n) is 10.3. The Balaban J connectivity index is 3.00. The highest BCUT2D eigenvalue weighted by molar-refractivity contribution is 5.34. The van der Waals surface area contributed by atoms with Gasteiger partial charge < -0.3 is 5.11 Å². The van der Waals surface area contributed by atoms with Crippen molar-refractivity contribution in [2.24, 2.45) is 0 Å². The van der Waals surface area contributed by atoms with Crippen LogP contribution in [0.1, 0.15) is 50.8 Å². The zero-order valence-corrected chi connectivity index (χ0v) is 10.3. The Bertz CT molecular complexity index is 379. The molecule has 1 aromatic rings. The molecule has 0 spiro atoms. The average Bonchev–Trinajstić information content (AvgIpc) is 2.24. The van der Waals surface area contributed by atoms with Crippen molar-refractivity contribution in [1.82, 2.24) is 0 Å². The monoisotopic (exact) mass is 216 g/mol. The van der Waals surface area contributed by atoms with E-state index < -0.39 is 6.10 Å². The van der Waals surface area contributed by atoms with E-state index in [1.807, 2.05) is 18.2 Å². The summed E-state index contributed by atoms with van der Waals surface area (Å²) in [4.78, 5) is 0. The molecule has 86 valence electrons. The van der Waals surface area contributed by atoms with Gasteiger partial charge in [-0.3, -0.25) is 0 Å². The van der Waals surface area contributed by atoms with E-state index in [-0.39, 0.29) is 5.41 Å². The summed E-state index contributed by atoms with van der Waals surface area (Å²) in [7, 11) is 0. The molecule has 1 rings (SSSR count). The molecule has 16 heavy (non-hydrogen) atoms. The molecule has 1 N–H and O–H groups in total. The third kappa shape index (κ3) is 3.12. The van der Waals surface area contributed by atoms with Crippen LogP contribution in [0.25, 0.3) is 0 Å². The van der Waals surface area contributed by atoms with Gasteiger partial charge in [0, 0.05) is 6.42 Å². The Morgan fingerprint density at radius 2 is 1.94 bits per heavy atom. The molecule has 0 fully saturated rings. The van der Waals surface area contributed by atoms with Gasteiger partial charge in [0.15, 0.2) is 0 Å². The van der Waals surface area contributed by atoms with Crippen LogP contribution in [0.15, 0.2) is 24.3 Å². The smallest absolute Gasteiger partial charge is 0.0802 e. The van der Waals surface area contributed by atoms with Gasteiger partial charge >= 0.3 is 0 Å². The van der Waals surface area contributed by atoms with Crippen molar-refractivity contribution in [2.75, 3.05) is 0 Å². The standard InChI is InChI=1S/C15H20O/c1-5-6-11-14(16)12-9-7-8-10-13(12)15(2,3)4/h1,7-10,14,16H,6,11H2,2-4H3. The van der Waals surface area contributed by atoms with Crippen LogP contribution in [-0.4, -0.2) is 5.11 Å². The van der Waals surface area contributed by atoms with Gasteiger partial charge in [0.05, 0.1) is 6.10 Å². The molecule has 0 amide bonds. The third-order valence-electron chi connectivity index (χ3n) is 2.69. The van der Waals surface area contributed by atoms with E-state index in [1.54, 1.807) is 0 Å². The average molecular weight is 216 g/mol. The zero-order chi connectivity index (χ0) is 12.2. The van der Waals surface area contributed by atoms with Crippen molar-refractivity contribution < 1.29 is 5.11 Å². The SMILES string of the molecule is C#CCCC(O)c1ccccc1C(C)(C)C. The highest BCUT2D eigenvalue weighted by atomic mass is 16.3. The second-order valence-corrected chi connectivity index (χ2v) is 5.10. The summed E-state index contributed by atoms with van der Waals surface area (Å²) in [5, 5.41) is 10.1. The Morgan fingerprint density at radius 3 is 2.50 bits per heavy atom. The summed E-state index contributed by atoms with van der Waals surface area (Å²) < 4.78 is 0. The van der Waals surface area contributed by atoms with Gasteiger partial charge in [-0.25, -0.2) is 0 Å². The van der Waals surface area contributed by atoms with Crippen molar-refractivity contribution in [3.05, 3.63) is 35.4 Å². The van der Waals surface area contributed by atoms with Crippen LogP contribution in [0.4, 0.5) is 0 Å². The first-order chi connectivity index (χ1) is 7.46. The fourth-order valence-electron chi connectivity index (χ4n) is 1.85. The number of hydrogen-bond acceptors (Lipinski definition) is 1. The Kier molecular flexibility index (Phi) is 4.15. The van der Waals surface area contributed by atoms with Gasteiger partial charge in [-0.2, -0.15) is 0 Å². The van der Waals surface area contributed by atoms with E-state index in [4.69, 9.17) is 6.42 Å². The van der Waals surface area contributed by atoms with E-state index in [0.717, 1.165) is 5.56 Å². The third-order valence-corrected chi connectivity index (χ3v) is 2.69. The van der Waals surface area contributed by atoms with Crippen LogP contribution in [-0.2, 0) is 5.41 Å². The van der Waals surface area contributed by atoms with Crippen molar-refractivity contribution in [3.63, 3.8) is 0 Å². The van der Waals surface area contributed by atoms with Crippen molar-refractivity contribution >= 4 is 0 Å². The lowest BCUT2D eigenvalue weighted by Crippen LogP contribution is -2.16. The number of hydrogen-bond donors (Lipinski definition) is 1. The molecule has 0 radical (unpaired) electrons. The van der Waals surface area contributed by atoms with E-state index in [2.05, 4.69) is 32.8 Å². The van der Waals surface area contributed by atoms with Crippen LogP contribution in [0.3, 0.4) is 0 Å².